The Morgan fingerprint density at radius 1 is 1.05 bits per heavy atom. The third-order valence-corrected chi connectivity index (χ3v) is 3.42. The number of hydrogen-bond acceptors (Lipinski definition) is 4. The highest BCUT2D eigenvalue weighted by Gasteiger charge is 2.01. The first-order chi connectivity index (χ1) is 10.8. The minimum absolute atomic E-state index is 0.723. The molecule has 0 unspecified atom stereocenters. The fraction of sp³-hybridized carbons (Fsp3) is 0.111. The quantitative estimate of drug-likeness (QED) is 0.582. The fourth-order valence-corrected chi connectivity index (χ4v) is 2.18. The van der Waals surface area contributed by atoms with E-state index in [-0.39, 0.29) is 0 Å². The van der Waals surface area contributed by atoms with E-state index in [1.165, 1.54) is 0 Å². The number of rotatable bonds is 4. The van der Waals surface area contributed by atoms with Crippen LogP contribution in [0.3, 0.4) is 0 Å². The zero-order chi connectivity index (χ0) is 15.4. The van der Waals surface area contributed by atoms with Crippen LogP contribution in [0.2, 0.25) is 0 Å². The van der Waals surface area contributed by atoms with Crippen LogP contribution in [-0.4, -0.2) is 17.8 Å². The van der Waals surface area contributed by atoms with Gasteiger partial charge in [-0.05, 0) is 37.3 Å². The fourth-order valence-electron chi connectivity index (χ4n) is 2.18. The van der Waals surface area contributed by atoms with Crippen molar-refractivity contribution in [2.45, 2.75) is 6.92 Å². The summed E-state index contributed by atoms with van der Waals surface area (Å²) in [5, 5.41) is 5.51. The molecule has 0 atom stereocenters. The van der Waals surface area contributed by atoms with Crippen molar-refractivity contribution in [3.8, 4) is 5.75 Å². The van der Waals surface area contributed by atoms with Gasteiger partial charge in [0.05, 0.1) is 18.3 Å². The minimum atomic E-state index is 0.723. The van der Waals surface area contributed by atoms with Gasteiger partial charge in [-0.25, -0.2) is 4.98 Å². The first kappa shape index (κ1) is 14.1. The maximum Gasteiger partial charge on any atom is 0.146 e. The molecule has 2 aromatic carbocycles. The molecule has 0 bridgehead atoms. The van der Waals surface area contributed by atoms with Gasteiger partial charge in [0.1, 0.15) is 11.6 Å². The Bertz CT molecular complexity index is 827. The van der Waals surface area contributed by atoms with Gasteiger partial charge in [-0.3, -0.25) is 5.43 Å². The molecule has 0 aliphatic rings. The highest BCUT2D eigenvalue weighted by molar-refractivity contribution is 5.99. The second-order valence-corrected chi connectivity index (χ2v) is 4.93. The van der Waals surface area contributed by atoms with Crippen LogP contribution in [0.5, 0.6) is 5.75 Å². The van der Waals surface area contributed by atoms with Crippen LogP contribution in [0.1, 0.15) is 12.5 Å². The SMILES string of the molecule is COc1cccc(C(C)=NNc2ccc3ccccc3n2)c1. The maximum atomic E-state index is 5.23. The molecule has 1 N–H and O–H groups in total. The monoisotopic (exact) mass is 291 g/mol. The van der Waals surface area contributed by atoms with E-state index in [4.69, 9.17) is 4.74 Å². The van der Waals surface area contributed by atoms with Gasteiger partial charge >= 0.3 is 0 Å². The number of pyridine rings is 1. The summed E-state index contributed by atoms with van der Waals surface area (Å²) in [4.78, 5) is 4.53. The summed E-state index contributed by atoms with van der Waals surface area (Å²) in [5.74, 6) is 1.54. The molecular formula is C18H17N3O. The lowest BCUT2D eigenvalue weighted by atomic mass is 10.1. The second-order valence-electron chi connectivity index (χ2n) is 4.93. The lowest BCUT2D eigenvalue weighted by Gasteiger charge is -2.06. The Labute approximate surface area is 129 Å². The van der Waals surface area contributed by atoms with Crippen molar-refractivity contribution < 1.29 is 4.74 Å². The molecule has 0 aliphatic carbocycles. The number of nitrogens with one attached hydrogen (secondary N) is 1. The van der Waals surface area contributed by atoms with Gasteiger partial charge in [0, 0.05) is 10.9 Å². The van der Waals surface area contributed by atoms with Gasteiger partial charge in [0.15, 0.2) is 0 Å². The Hall–Kier alpha value is -2.88. The lowest BCUT2D eigenvalue weighted by molar-refractivity contribution is 0.414. The van der Waals surface area contributed by atoms with E-state index in [0.29, 0.717) is 0 Å². The van der Waals surface area contributed by atoms with Crippen molar-refractivity contribution in [2.24, 2.45) is 5.10 Å². The number of hydrogen-bond donors (Lipinski definition) is 1. The topological polar surface area (TPSA) is 46.5 Å². The van der Waals surface area contributed by atoms with E-state index in [9.17, 15) is 0 Å². The number of aromatic nitrogens is 1. The molecule has 0 aliphatic heterocycles. The molecule has 3 aromatic rings. The summed E-state index contributed by atoms with van der Waals surface area (Å²) in [6.07, 6.45) is 0. The molecule has 3 rings (SSSR count). The third kappa shape index (κ3) is 3.06. The molecule has 110 valence electrons. The number of para-hydroxylation sites is 1. The van der Waals surface area contributed by atoms with Crippen molar-refractivity contribution in [2.75, 3.05) is 12.5 Å². The molecule has 22 heavy (non-hydrogen) atoms. The van der Waals surface area contributed by atoms with Crippen LogP contribution in [0.25, 0.3) is 10.9 Å². The molecule has 0 saturated carbocycles. The summed E-state index contributed by atoms with van der Waals surface area (Å²) in [6, 6.07) is 19.8. The van der Waals surface area contributed by atoms with Gasteiger partial charge in [-0.1, -0.05) is 30.3 Å². The number of benzene rings is 2. The first-order valence-corrected chi connectivity index (χ1v) is 7.07. The smallest absolute Gasteiger partial charge is 0.146 e. The zero-order valence-corrected chi connectivity index (χ0v) is 12.6. The van der Waals surface area contributed by atoms with Crippen molar-refractivity contribution in [1.29, 1.82) is 0 Å². The lowest BCUT2D eigenvalue weighted by Crippen LogP contribution is -2.01. The largest absolute Gasteiger partial charge is 0.497 e. The molecule has 4 heteroatoms. The normalized spacial score (nSPS) is 11.5. The van der Waals surface area contributed by atoms with E-state index in [1.54, 1.807) is 7.11 Å². The average Bonchev–Trinajstić information content (AvgIpc) is 2.59. The van der Waals surface area contributed by atoms with Gasteiger partial charge < -0.3 is 4.74 Å². The number of fused-ring (bicyclic) bond motifs is 1. The summed E-state index contributed by atoms with van der Waals surface area (Å²) in [7, 11) is 1.66. The van der Waals surface area contributed by atoms with Crippen molar-refractivity contribution in [1.82, 2.24) is 4.98 Å². The molecule has 0 fully saturated rings. The first-order valence-electron chi connectivity index (χ1n) is 7.07. The minimum Gasteiger partial charge on any atom is -0.497 e. The highest BCUT2D eigenvalue weighted by atomic mass is 16.5. The average molecular weight is 291 g/mol. The van der Waals surface area contributed by atoms with Gasteiger partial charge in [0.25, 0.3) is 0 Å². The molecule has 0 spiro atoms. The number of hydrazone groups is 1. The number of nitrogens with zero attached hydrogens (tertiary/aromatic N) is 2. The number of anilines is 1. The predicted molar refractivity (Wildman–Crippen MR) is 90.6 cm³/mol. The molecule has 4 nitrogen and oxygen atoms in total. The van der Waals surface area contributed by atoms with Crippen molar-refractivity contribution >= 4 is 22.4 Å². The van der Waals surface area contributed by atoms with Gasteiger partial charge in [0.2, 0.25) is 0 Å². The van der Waals surface area contributed by atoms with Crippen LogP contribution in [0, 0.1) is 0 Å². The molecular weight excluding hydrogens is 274 g/mol. The molecule has 0 radical (unpaired) electrons. The zero-order valence-electron chi connectivity index (χ0n) is 12.6. The predicted octanol–water partition coefficient (Wildman–Crippen LogP) is 4.08. The maximum absolute atomic E-state index is 5.23. The molecule has 0 saturated heterocycles. The highest BCUT2D eigenvalue weighted by Crippen LogP contribution is 2.16. The number of methoxy groups -OCH3 is 1. The summed E-state index contributed by atoms with van der Waals surface area (Å²) >= 11 is 0. The molecule has 0 amide bonds. The van der Waals surface area contributed by atoms with E-state index < -0.39 is 0 Å². The number of ether oxygens (including phenoxy) is 1. The van der Waals surface area contributed by atoms with Crippen LogP contribution in [-0.2, 0) is 0 Å². The third-order valence-electron chi connectivity index (χ3n) is 3.42. The summed E-state index contributed by atoms with van der Waals surface area (Å²) in [6.45, 7) is 1.95. The summed E-state index contributed by atoms with van der Waals surface area (Å²) in [5.41, 5.74) is 5.83. The van der Waals surface area contributed by atoms with Crippen LogP contribution >= 0.6 is 0 Å². The Balaban J connectivity index is 1.81. The van der Waals surface area contributed by atoms with E-state index in [2.05, 4.69) is 15.5 Å². The Morgan fingerprint density at radius 3 is 2.77 bits per heavy atom. The van der Waals surface area contributed by atoms with Crippen LogP contribution < -0.4 is 10.2 Å². The van der Waals surface area contributed by atoms with E-state index >= 15 is 0 Å². The second kappa shape index (κ2) is 6.26. The van der Waals surface area contributed by atoms with Gasteiger partial charge in [-0.2, -0.15) is 5.10 Å². The summed E-state index contributed by atoms with van der Waals surface area (Å²) < 4.78 is 5.23. The van der Waals surface area contributed by atoms with Crippen molar-refractivity contribution in [3.05, 3.63) is 66.2 Å². The Morgan fingerprint density at radius 2 is 1.91 bits per heavy atom. The molecule has 1 aromatic heterocycles. The van der Waals surface area contributed by atoms with Gasteiger partial charge in [-0.15, -0.1) is 0 Å². The van der Waals surface area contributed by atoms with Crippen molar-refractivity contribution in [3.63, 3.8) is 0 Å². The van der Waals surface area contributed by atoms with Crippen LogP contribution in [0.15, 0.2) is 65.8 Å². The molecule has 1 heterocycles. The van der Waals surface area contributed by atoms with E-state index in [0.717, 1.165) is 33.7 Å². The van der Waals surface area contributed by atoms with E-state index in [1.807, 2.05) is 67.6 Å². The van der Waals surface area contributed by atoms with Crippen LogP contribution in [0.4, 0.5) is 5.82 Å². The Kier molecular flexibility index (Phi) is 4.01. The standard InChI is InChI=1S/C18H17N3O/c1-13(15-7-5-8-16(12-15)22-2)20-21-18-11-10-14-6-3-4-9-17(14)19-18/h3-12H,1-2H3,(H,19,21).